The van der Waals surface area contributed by atoms with Gasteiger partial charge in [-0.2, -0.15) is 0 Å². The first kappa shape index (κ1) is 10.1. The number of nitrogens with one attached hydrogen (secondary N) is 1. The SMILES string of the molecule is CCS(=N)(=O)c1ccc(CN)nc1. The lowest BCUT2D eigenvalue weighted by Crippen LogP contribution is -2.04. The number of pyridine rings is 1. The maximum Gasteiger partial charge on any atom is 0.0738 e. The Morgan fingerprint density at radius 2 is 2.31 bits per heavy atom. The third-order valence-electron chi connectivity index (χ3n) is 1.79. The lowest BCUT2D eigenvalue weighted by atomic mass is 10.4. The first-order valence-corrected chi connectivity index (χ1v) is 5.74. The molecule has 1 heterocycles. The molecule has 1 aromatic heterocycles. The first-order valence-electron chi connectivity index (χ1n) is 4.01. The molecular formula is C8H13N3OS. The minimum Gasteiger partial charge on any atom is -0.325 e. The number of hydrogen-bond acceptors (Lipinski definition) is 4. The van der Waals surface area contributed by atoms with E-state index in [0.717, 1.165) is 5.69 Å². The molecule has 1 atom stereocenters. The fourth-order valence-electron chi connectivity index (χ4n) is 0.893. The van der Waals surface area contributed by atoms with Crippen LogP contribution in [0.2, 0.25) is 0 Å². The molecule has 0 saturated heterocycles. The van der Waals surface area contributed by atoms with Crippen molar-refractivity contribution in [2.75, 3.05) is 5.75 Å². The summed E-state index contributed by atoms with van der Waals surface area (Å²) in [6, 6.07) is 3.37. The van der Waals surface area contributed by atoms with Gasteiger partial charge in [0, 0.05) is 18.5 Å². The van der Waals surface area contributed by atoms with E-state index in [1.165, 1.54) is 6.20 Å². The monoisotopic (exact) mass is 199 g/mol. The van der Waals surface area contributed by atoms with Crippen LogP contribution in [-0.2, 0) is 16.3 Å². The standard InChI is InChI=1S/C8H13N3OS/c1-2-13(10,12)8-4-3-7(5-9)11-6-8/h3-4,6,10H,2,5,9H2,1H3. The summed E-state index contributed by atoms with van der Waals surface area (Å²) in [7, 11) is -2.63. The van der Waals surface area contributed by atoms with Crippen LogP contribution >= 0.6 is 0 Å². The third-order valence-corrected chi connectivity index (χ3v) is 3.61. The molecule has 13 heavy (non-hydrogen) atoms. The predicted octanol–water partition coefficient (Wildman–Crippen LogP) is 0.966. The Bertz CT molecular complexity index is 369. The molecule has 0 bridgehead atoms. The molecule has 72 valence electrons. The van der Waals surface area contributed by atoms with Gasteiger partial charge in [0.05, 0.1) is 20.3 Å². The molecule has 5 heteroatoms. The van der Waals surface area contributed by atoms with Crippen molar-refractivity contribution < 1.29 is 4.21 Å². The van der Waals surface area contributed by atoms with E-state index in [4.69, 9.17) is 10.5 Å². The average molecular weight is 199 g/mol. The molecule has 0 amide bonds. The third kappa shape index (κ3) is 2.26. The Morgan fingerprint density at radius 1 is 1.62 bits per heavy atom. The van der Waals surface area contributed by atoms with Gasteiger partial charge in [-0.25, -0.2) is 8.99 Å². The number of hydrogen-bond donors (Lipinski definition) is 2. The van der Waals surface area contributed by atoms with Gasteiger partial charge in [0.1, 0.15) is 0 Å². The molecule has 1 aromatic rings. The zero-order valence-electron chi connectivity index (χ0n) is 7.49. The lowest BCUT2D eigenvalue weighted by molar-refractivity contribution is 0.675. The van der Waals surface area contributed by atoms with Crippen molar-refractivity contribution in [3.63, 3.8) is 0 Å². The largest absolute Gasteiger partial charge is 0.325 e. The Hall–Kier alpha value is -0.940. The number of nitrogens with zero attached hydrogens (tertiary/aromatic N) is 1. The van der Waals surface area contributed by atoms with Gasteiger partial charge in [0.2, 0.25) is 0 Å². The average Bonchev–Trinajstić information content (AvgIpc) is 2.18. The highest BCUT2D eigenvalue weighted by Gasteiger charge is 2.06. The van der Waals surface area contributed by atoms with Crippen molar-refractivity contribution in [3.05, 3.63) is 24.0 Å². The van der Waals surface area contributed by atoms with E-state index in [2.05, 4.69) is 4.98 Å². The van der Waals surface area contributed by atoms with Crippen LogP contribution in [0.5, 0.6) is 0 Å². The van der Waals surface area contributed by atoms with Crippen LogP contribution in [0.1, 0.15) is 12.6 Å². The summed E-state index contributed by atoms with van der Waals surface area (Å²) in [6.45, 7) is 2.10. The van der Waals surface area contributed by atoms with Gasteiger partial charge in [-0.15, -0.1) is 0 Å². The van der Waals surface area contributed by atoms with Gasteiger partial charge in [-0.3, -0.25) is 4.98 Å². The molecule has 0 aliphatic carbocycles. The second-order valence-corrected chi connectivity index (χ2v) is 5.05. The maximum absolute atomic E-state index is 11.6. The lowest BCUT2D eigenvalue weighted by Gasteiger charge is -2.03. The van der Waals surface area contributed by atoms with Crippen molar-refractivity contribution >= 4 is 9.73 Å². The Balaban J connectivity index is 3.06. The van der Waals surface area contributed by atoms with Crippen LogP contribution in [0.25, 0.3) is 0 Å². The fraction of sp³-hybridized carbons (Fsp3) is 0.375. The van der Waals surface area contributed by atoms with E-state index < -0.39 is 9.73 Å². The molecule has 0 aromatic carbocycles. The van der Waals surface area contributed by atoms with Gasteiger partial charge in [-0.1, -0.05) is 6.92 Å². The first-order chi connectivity index (χ1) is 6.10. The highest BCUT2D eigenvalue weighted by atomic mass is 32.2. The maximum atomic E-state index is 11.6. The number of aromatic nitrogens is 1. The Kier molecular flexibility index (Phi) is 3.00. The molecule has 4 nitrogen and oxygen atoms in total. The van der Waals surface area contributed by atoms with Crippen LogP contribution in [0.15, 0.2) is 23.2 Å². The second-order valence-electron chi connectivity index (χ2n) is 2.65. The Labute approximate surface area is 78.2 Å². The van der Waals surface area contributed by atoms with Crippen molar-refractivity contribution in [2.24, 2.45) is 5.73 Å². The van der Waals surface area contributed by atoms with Crippen molar-refractivity contribution in [1.82, 2.24) is 4.98 Å². The summed E-state index contributed by atoms with van der Waals surface area (Å²) in [5.41, 5.74) is 6.11. The Morgan fingerprint density at radius 3 is 2.69 bits per heavy atom. The summed E-state index contributed by atoms with van der Waals surface area (Å²) in [5, 5.41) is 0. The van der Waals surface area contributed by atoms with E-state index in [1.54, 1.807) is 19.1 Å². The topological polar surface area (TPSA) is 79.8 Å². The molecule has 0 fully saturated rings. The quantitative estimate of drug-likeness (QED) is 0.761. The van der Waals surface area contributed by atoms with Crippen molar-refractivity contribution in [2.45, 2.75) is 18.4 Å². The van der Waals surface area contributed by atoms with Gasteiger partial charge in [0.15, 0.2) is 0 Å². The minimum absolute atomic E-state index is 0.316. The van der Waals surface area contributed by atoms with Crippen molar-refractivity contribution in [3.8, 4) is 0 Å². The van der Waals surface area contributed by atoms with Crippen LogP contribution in [0, 0.1) is 4.78 Å². The van der Waals surface area contributed by atoms with E-state index >= 15 is 0 Å². The van der Waals surface area contributed by atoms with Gasteiger partial charge >= 0.3 is 0 Å². The summed E-state index contributed by atoms with van der Waals surface area (Å²) in [5.74, 6) is 0.316. The zero-order chi connectivity index (χ0) is 9.90. The van der Waals surface area contributed by atoms with E-state index in [1.807, 2.05) is 0 Å². The van der Waals surface area contributed by atoms with E-state index in [0.29, 0.717) is 17.2 Å². The van der Waals surface area contributed by atoms with E-state index in [9.17, 15) is 4.21 Å². The smallest absolute Gasteiger partial charge is 0.0738 e. The molecule has 0 radical (unpaired) electrons. The second kappa shape index (κ2) is 3.85. The van der Waals surface area contributed by atoms with Crippen LogP contribution < -0.4 is 5.73 Å². The zero-order valence-corrected chi connectivity index (χ0v) is 8.30. The molecule has 1 unspecified atom stereocenters. The summed E-state index contributed by atoms with van der Waals surface area (Å²) >= 11 is 0. The number of nitrogens with two attached hydrogens (primary N) is 1. The summed E-state index contributed by atoms with van der Waals surface area (Å²) < 4.78 is 19.1. The predicted molar refractivity (Wildman–Crippen MR) is 51.8 cm³/mol. The van der Waals surface area contributed by atoms with Gasteiger partial charge in [0.25, 0.3) is 0 Å². The molecule has 0 aliphatic rings. The summed E-state index contributed by atoms with van der Waals surface area (Å²) in [4.78, 5) is 4.47. The molecule has 1 rings (SSSR count). The molecular weight excluding hydrogens is 186 g/mol. The van der Waals surface area contributed by atoms with Crippen LogP contribution in [0.4, 0.5) is 0 Å². The highest BCUT2D eigenvalue weighted by molar-refractivity contribution is 7.92. The van der Waals surface area contributed by atoms with Crippen LogP contribution in [-0.4, -0.2) is 14.9 Å². The molecule has 0 saturated carbocycles. The van der Waals surface area contributed by atoms with Crippen molar-refractivity contribution in [1.29, 1.82) is 4.78 Å². The molecule has 3 N–H and O–H groups in total. The minimum atomic E-state index is -2.63. The van der Waals surface area contributed by atoms with Gasteiger partial charge in [-0.05, 0) is 12.1 Å². The summed E-state index contributed by atoms with van der Waals surface area (Å²) in [6.07, 6.45) is 1.47. The van der Waals surface area contributed by atoms with Gasteiger partial charge < -0.3 is 5.73 Å². The fourth-order valence-corrected chi connectivity index (χ4v) is 1.74. The van der Waals surface area contributed by atoms with E-state index in [-0.39, 0.29) is 0 Å². The highest BCUT2D eigenvalue weighted by Crippen LogP contribution is 2.10. The van der Waals surface area contributed by atoms with Crippen LogP contribution in [0.3, 0.4) is 0 Å². The normalized spacial score (nSPS) is 15.2. The molecule has 0 aliphatic heterocycles. The number of rotatable bonds is 3. The molecule has 0 spiro atoms.